The monoisotopic (exact) mass is 235 g/mol. The van der Waals surface area contributed by atoms with E-state index in [9.17, 15) is 5.11 Å². The predicted molar refractivity (Wildman–Crippen MR) is 68.5 cm³/mol. The highest BCUT2D eigenvalue weighted by Crippen LogP contribution is 2.24. The Morgan fingerprint density at radius 3 is 2.71 bits per heavy atom. The number of rotatable bonds is 5. The van der Waals surface area contributed by atoms with Gasteiger partial charge in [-0.1, -0.05) is 31.4 Å². The van der Waals surface area contributed by atoms with E-state index in [1.807, 2.05) is 6.07 Å². The molecule has 0 bridgehead atoms. The number of ether oxygens (including phenoxy) is 1. The summed E-state index contributed by atoms with van der Waals surface area (Å²) in [5, 5.41) is 13.0. The van der Waals surface area contributed by atoms with Gasteiger partial charge >= 0.3 is 0 Å². The summed E-state index contributed by atoms with van der Waals surface area (Å²) in [6, 6.07) is 7.75. The molecule has 3 nitrogen and oxygen atoms in total. The zero-order valence-corrected chi connectivity index (χ0v) is 10.2. The van der Waals surface area contributed by atoms with Gasteiger partial charge in [0.1, 0.15) is 6.61 Å². The molecule has 0 aliphatic heterocycles. The number of hydrogen-bond acceptors (Lipinski definition) is 3. The van der Waals surface area contributed by atoms with Gasteiger partial charge in [-0.3, -0.25) is 0 Å². The zero-order valence-electron chi connectivity index (χ0n) is 10.2. The van der Waals surface area contributed by atoms with Crippen LogP contribution in [-0.4, -0.2) is 24.3 Å². The van der Waals surface area contributed by atoms with E-state index in [-0.39, 0.29) is 5.75 Å². The molecule has 1 aliphatic carbocycles. The van der Waals surface area contributed by atoms with Crippen LogP contribution in [0.3, 0.4) is 0 Å². The largest absolute Gasteiger partial charge is 0.504 e. The number of para-hydroxylation sites is 2. The van der Waals surface area contributed by atoms with E-state index in [2.05, 4.69) is 5.32 Å². The summed E-state index contributed by atoms with van der Waals surface area (Å²) in [5.41, 5.74) is 0. The summed E-state index contributed by atoms with van der Waals surface area (Å²) in [5.74, 6) is 0.781. The van der Waals surface area contributed by atoms with Crippen LogP contribution in [0.2, 0.25) is 0 Å². The molecule has 17 heavy (non-hydrogen) atoms. The molecule has 0 aromatic heterocycles. The maximum Gasteiger partial charge on any atom is 0.160 e. The fourth-order valence-electron chi connectivity index (χ4n) is 2.31. The van der Waals surface area contributed by atoms with Gasteiger partial charge in [0.05, 0.1) is 0 Å². The van der Waals surface area contributed by atoms with Gasteiger partial charge in [0.15, 0.2) is 11.5 Å². The molecule has 0 unspecified atom stereocenters. The third-order valence-electron chi connectivity index (χ3n) is 3.26. The van der Waals surface area contributed by atoms with Crippen molar-refractivity contribution in [3.05, 3.63) is 24.3 Å². The lowest BCUT2D eigenvalue weighted by Crippen LogP contribution is -2.34. The lowest BCUT2D eigenvalue weighted by atomic mass is 9.96. The summed E-state index contributed by atoms with van der Waals surface area (Å²) >= 11 is 0. The van der Waals surface area contributed by atoms with E-state index < -0.39 is 0 Å². The number of aromatic hydroxyl groups is 1. The zero-order chi connectivity index (χ0) is 11.9. The summed E-state index contributed by atoms with van der Waals surface area (Å²) in [7, 11) is 0. The number of hydrogen-bond donors (Lipinski definition) is 2. The summed E-state index contributed by atoms with van der Waals surface area (Å²) in [6.45, 7) is 1.45. The standard InChI is InChI=1S/C14H21NO2/c16-13-8-4-5-9-14(13)17-11-10-15-12-6-2-1-3-7-12/h4-5,8-9,12,15-16H,1-3,6-7,10-11H2. The first-order valence-corrected chi connectivity index (χ1v) is 6.50. The van der Waals surface area contributed by atoms with E-state index in [1.165, 1.54) is 32.1 Å². The second-order valence-electron chi connectivity index (χ2n) is 4.61. The van der Waals surface area contributed by atoms with Crippen LogP contribution in [0.1, 0.15) is 32.1 Å². The molecule has 1 aromatic carbocycles. The summed E-state index contributed by atoms with van der Waals surface area (Å²) in [4.78, 5) is 0. The van der Waals surface area contributed by atoms with Gasteiger partial charge in [0.2, 0.25) is 0 Å². The molecule has 0 atom stereocenters. The van der Waals surface area contributed by atoms with Crippen LogP contribution in [0.25, 0.3) is 0 Å². The average molecular weight is 235 g/mol. The van der Waals surface area contributed by atoms with Crippen LogP contribution in [0.4, 0.5) is 0 Å². The van der Waals surface area contributed by atoms with Gasteiger partial charge in [0.25, 0.3) is 0 Å². The molecule has 0 heterocycles. The SMILES string of the molecule is Oc1ccccc1OCCNC1CCCCC1. The quantitative estimate of drug-likeness (QED) is 0.771. The normalized spacial score (nSPS) is 16.9. The van der Waals surface area contributed by atoms with Gasteiger partial charge < -0.3 is 15.2 Å². The molecule has 0 amide bonds. The maximum atomic E-state index is 9.51. The number of phenols is 1. The van der Waals surface area contributed by atoms with E-state index in [0.717, 1.165) is 6.54 Å². The van der Waals surface area contributed by atoms with Crippen LogP contribution in [0.15, 0.2) is 24.3 Å². The minimum atomic E-state index is 0.213. The summed E-state index contributed by atoms with van der Waals surface area (Å²) < 4.78 is 5.52. The van der Waals surface area contributed by atoms with Gasteiger partial charge in [-0.15, -0.1) is 0 Å². The second-order valence-corrected chi connectivity index (χ2v) is 4.61. The molecule has 0 saturated heterocycles. The Labute approximate surface area is 103 Å². The molecular weight excluding hydrogens is 214 g/mol. The smallest absolute Gasteiger partial charge is 0.160 e. The van der Waals surface area contributed by atoms with Crippen molar-refractivity contribution in [2.45, 2.75) is 38.1 Å². The molecular formula is C14H21NO2. The summed E-state index contributed by atoms with van der Waals surface area (Å²) in [6.07, 6.45) is 6.65. The van der Waals surface area contributed by atoms with Gasteiger partial charge in [-0.2, -0.15) is 0 Å². The van der Waals surface area contributed by atoms with Gasteiger partial charge in [0, 0.05) is 12.6 Å². The first kappa shape index (κ1) is 12.2. The predicted octanol–water partition coefficient (Wildman–Crippen LogP) is 2.69. The minimum absolute atomic E-state index is 0.213. The van der Waals surface area contributed by atoms with Crippen molar-refractivity contribution in [2.75, 3.05) is 13.2 Å². The Kier molecular flexibility index (Phi) is 4.68. The lowest BCUT2D eigenvalue weighted by Gasteiger charge is -2.22. The highest BCUT2D eigenvalue weighted by atomic mass is 16.5. The highest BCUT2D eigenvalue weighted by molar-refractivity contribution is 5.37. The van der Waals surface area contributed by atoms with Crippen molar-refractivity contribution in [1.82, 2.24) is 5.32 Å². The van der Waals surface area contributed by atoms with Crippen LogP contribution in [-0.2, 0) is 0 Å². The Morgan fingerprint density at radius 1 is 1.18 bits per heavy atom. The fraction of sp³-hybridized carbons (Fsp3) is 0.571. The van der Waals surface area contributed by atoms with Gasteiger partial charge in [-0.25, -0.2) is 0 Å². The van der Waals surface area contributed by atoms with Crippen LogP contribution < -0.4 is 10.1 Å². The third-order valence-corrected chi connectivity index (χ3v) is 3.26. The van der Waals surface area contributed by atoms with Crippen molar-refractivity contribution in [3.8, 4) is 11.5 Å². The lowest BCUT2D eigenvalue weighted by molar-refractivity contribution is 0.278. The fourth-order valence-corrected chi connectivity index (χ4v) is 2.31. The van der Waals surface area contributed by atoms with Crippen LogP contribution in [0.5, 0.6) is 11.5 Å². The first-order valence-electron chi connectivity index (χ1n) is 6.50. The van der Waals surface area contributed by atoms with E-state index in [1.54, 1.807) is 18.2 Å². The van der Waals surface area contributed by atoms with Crippen LogP contribution >= 0.6 is 0 Å². The Bertz CT molecular complexity index is 335. The minimum Gasteiger partial charge on any atom is -0.504 e. The van der Waals surface area contributed by atoms with Crippen molar-refractivity contribution in [3.63, 3.8) is 0 Å². The molecule has 1 saturated carbocycles. The molecule has 94 valence electrons. The van der Waals surface area contributed by atoms with Crippen molar-refractivity contribution < 1.29 is 9.84 Å². The average Bonchev–Trinajstić information content (AvgIpc) is 2.38. The van der Waals surface area contributed by atoms with Gasteiger partial charge in [-0.05, 0) is 25.0 Å². The molecule has 0 spiro atoms. The van der Waals surface area contributed by atoms with Crippen LogP contribution in [0, 0.1) is 0 Å². The van der Waals surface area contributed by atoms with Crippen molar-refractivity contribution >= 4 is 0 Å². The Hall–Kier alpha value is -1.22. The third kappa shape index (κ3) is 3.93. The number of benzene rings is 1. The molecule has 1 fully saturated rings. The molecule has 1 aliphatic rings. The number of nitrogens with one attached hydrogen (secondary N) is 1. The van der Waals surface area contributed by atoms with Crippen molar-refractivity contribution in [2.24, 2.45) is 0 Å². The highest BCUT2D eigenvalue weighted by Gasteiger charge is 2.11. The number of phenolic OH excluding ortho intramolecular Hbond substituents is 1. The topological polar surface area (TPSA) is 41.5 Å². The van der Waals surface area contributed by atoms with E-state index in [0.29, 0.717) is 18.4 Å². The Balaban J connectivity index is 1.64. The van der Waals surface area contributed by atoms with E-state index in [4.69, 9.17) is 4.74 Å². The maximum absolute atomic E-state index is 9.51. The molecule has 3 heteroatoms. The first-order chi connectivity index (χ1) is 8.36. The molecule has 0 radical (unpaired) electrons. The molecule has 1 aromatic rings. The second kappa shape index (κ2) is 6.50. The molecule has 2 N–H and O–H groups in total. The van der Waals surface area contributed by atoms with Crippen molar-refractivity contribution in [1.29, 1.82) is 0 Å². The Morgan fingerprint density at radius 2 is 1.94 bits per heavy atom. The molecule has 2 rings (SSSR count). The van der Waals surface area contributed by atoms with E-state index >= 15 is 0 Å².